The second kappa shape index (κ2) is 10.6. The van der Waals surface area contributed by atoms with E-state index >= 15 is 0 Å². The van der Waals surface area contributed by atoms with E-state index in [4.69, 9.17) is 4.99 Å². The SMILES string of the molecule is CC(C)CN=C(NCC1CCS(=O)(=O)C1)N1CCSC(C(C)C)C1.I. The molecule has 0 aromatic heterocycles. The van der Waals surface area contributed by atoms with Crippen LogP contribution in [0.15, 0.2) is 4.99 Å². The molecule has 0 aromatic carbocycles. The quantitative estimate of drug-likeness (QED) is 0.355. The van der Waals surface area contributed by atoms with Gasteiger partial charge in [0.2, 0.25) is 0 Å². The van der Waals surface area contributed by atoms with Crippen molar-refractivity contribution in [2.75, 3.05) is 43.4 Å². The van der Waals surface area contributed by atoms with Crippen molar-refractivity contribution in [1.29, 1.82) is 0 Å². The monoisotopic (exact) mass is 503 g/mol. The minimum absolute atomic E-state index is 0. The van der Waals surface area contributed by atoms with E-state index in [0.29, 0.717) is 35.1 Å². The van der Waals surface area contributed by atoms with Crippen molar-refractivity contribution in [3.8, 4) is 0 Å². The average Bonchev–Trinajstić information content (AvgIpc) is 2.86. The minimum atomic E-state index is -2.81. The van der Waals surface area contributed by atoms with E-state index in [-0.39, 0.29) is 29.9 Å². The fourth-order valence-electron chi connectivity index (χ4n) is 3.08. The first kappa shape index (κ1) is 23.3. The Morgan fingerprint density at radius 1 is 1.32 bits per heavy atom. The van der Waals surface area contributed by atoms with E-state index in [1.54, 1.807) is 0 Å². The Bertz CT molecular complexity index is 538. The summed E-state index contributed by atoms with van der Waals surface area (Å²) in [6.45, 7) is 12.5. The van der Waals surface area contributed by atoms with E-state index in [0.717, 1.165) is 37.8 Å². The molecular formula is C17H34IN3O2S2. The van der Waals surface area contributed by atoms with Crippen LogP contribution in [-0.2, 0) is 9.84 Å². The van der Waals surface area contributed by atoms with Gasteiger partial charge in [0.1, 0.15) is 0 Å². The van der Waals surface area contributed by atoms with Crippen LogP contribution in [0.1, 0.15) is 34.1 Å². The lowest BCUT2D eigenvalue weighted by molar-refractivity contribution is 0.375. The highest BCUT2D eigenvalue weighted by Crippen LogP contribution is 2.25. The Balaban J connectivity index is 0.00000312. The van der Waals surface area contributed by atoms with Crippen LogP contribution < -0.4 is 5.32 Å². The minimum Gasteiger partial charge on any atom is -0.356 e. The fourth-order valence-corrected chi connectivity index (χ4v) is 6.24. The van der Waals surface area contributed by atoms with Crippen molar-refractivity contribution in [3.05, 3.63) is 0 Å². The molecule has 1 N–H and O–H groups in total. The molecule has 0 aliphatic carbocycles. The van der Waals surface area contributed by atoms with Gasteiger partial charge in [-0.1, -0.05) is 27.7 Å². The number of hydrogen-bond acceptors (Lipinski definition) is 4. The number of nitrogens with zero attached hydrogens (tertiary/aromatic N) is 2. The number of hydrogen-bond donors (Lipinski definition) is 1. The van der Waals surface area contributed by atoms with Crippen LogP contribution in [0.5, 0.6) is 0 Å². The van der Waals surface area contributed by atoms with E-state index in [1.807, 2.05) is 0 Å². The van der Waals surface area contributed by atoms with Gasteiger partial charge >= 0.3 is 0 Å². The molecule has 2 heterocycles. The fraction of sp³-hybridized carbons (Fsp3) is 0.941. The summed E-state index contributed by atoms with van der Waals surface area (Å²) < 4.78 is 23.3. The largest absolute Gasteiger partial charge is 0.356 e. The molecule has 2 unspecified atom stereocenters. The maximum absolute atomic E-state index is 11.6. The molecular weight excluding hydrogens is 469 g/mol. The summed E-state index contributed by atoms with van der Waals surface area (Å²) in [5.41, 5.74) is 0. The highest BCUT2D eigenvalue weighted by atomic mass is 127. The van der Waals surface area contributed by atoms with Gasteiger partial charge in [0.05, 0.1) is 11.5 Å². The molecule has 148 valence electrons. The third-order valence-electron chi connectivity index (χ3n) is 4.62. The topological polar surface area (TPSA) is 61.8 Å². The lowest BCUT2D eigenvalue weighted by Gasteiger charge is -2.36. The number of nitrogens with one attached hydrogen (secondary N) is 1. The van der Waals surface area contributed by atoms with Crippen molar-refractivity contribution in [2.24, 2.45) is 22.7 Å². The number of guanidine groups is 1. The third-order valence-corrected chi connectivity index (χ3v) is 8.00. The molecule has 2 aliphatic heterocycles. The first-order valence-corrected chi connectivity index (χ1v) is 12.0. The number of thioether (sulfide) groups is 1. The van der Waals surface area contributed by atoms with Gasteiger partial charge in [-0.25, -0.2) is 8.42 Å². The average molecular weight is 504 g/mol. The van der Waals surface area contributed by atoms with Gasteiger partial charge in [-0.3, -0.25) is 4.99 Å². The van der Waals surface area contributed by atoms with Gasteiger partial charge in [0, 0.05) is 37.2 Å². The van der Waals surface area contributed by atoms with E-state index in [9.17, 15) is 8.42 Å². The van der Waals surface area contributed by atoms with Crippen LogP contribution in [0.3, 0.4) is 0 Å². The molecule has 2 atom stereocenters. The normalized spacial score (nSPS) is 26.8. The van der Waals surface area contributed by atoms with Crippen LogP contribution in [-0.4, -0.2) is 68.0 Å². The van der Waals surface area contributed by atoms with Gasteiger partial charge in [0.25, 0.3) is 0 Å². The van der Waals surface area contributed by atoms with Gasteiger partial charge in [-0.2, -0.15) is 11.8 Å². The third kappa shape index (κ3) is 7.82. The maximum Gasteiger partial charge on any atom is 0.194 e. The zero-order chi connectivity index (χ0) is 17.7. The molecule has 0 amide bonds. The Hall–Kier alpha value is 0.300. The number of sulfone groups is 1. The lowest BCUT2D eigenvalue weighted by Crippen LogP contribution is -2.50. The number of rotatable bonds is 5. The van der Waals surface area contributed by atoms with Crippen molar-refractivity contribution < 1.29 is 8.42 Å². The van der Waals surface area contributed by atoms with Crippen molar-refractivity contribution in [3.63, 3.8) is 0 Å². The van der Waals surface area contributed by atoms with E-state index in [2.05, 4.69) is 49.7 Å². The van der Waals surface area contributed by atoms with Gasteiger partial charge in [-0.05, 0) is 24.2 Å². The summed E-state index contributed by atoms with van der Waals surface area (Å²) in [5, 5.41) is 4.12. The Labute approximate surface area is 175 Å². The second-order valence-corrected chi connectivity index (χ2v) is 11.4. The summed E-state index contributed by atoms with van der Waals surface area (Å²) in [6, 6.07) is 0. The molecule has 5 nitrogen and oxygen atoms in total. The summed E-state index contributed by atoms with van der Waals surface area (Å²) in [6.07, 6.45) is 0.775. The Morgan fingerprint density at radius 3 is 2.60 bits per heavy atom. The highest BCUT2D eigenvalue weighted by Gasteiger charge is 2.29. The zero-order valence-electron chi connectivity index (χ0n) is 15.9. The maximum atomic E-state index is 11.6. The van der Waals surface area contributed by atoms with Gasteiger partial charge < -0.3 is 10.2 Å². The second-order valence-electron chi connectivity index (χ2n) is 7.81. The van der Waals surface area contributed by atoms with Crippen LogP contribution in [0, 0.1) is 17.8 Å². The zero-order valence-corrected chi connectivity index (χ0v) is 19.9. The van der Waals surface area contributed by atoms with Gasteiger partial charge in [-0.15, -0.1) is 24.0 Å². The smallest absolute Gasteiger partial charge is 0.194 e. The van der Waals surface area contributed by atoms with Crippen LogP contribution in [0.4, 0.5) is 0 Å². The molecule has 0 spiro atoms. The first-order valence-electron chi connectivity index (χ1n) is 9.12. The molecule has 0 aromatic rings. The Kier molecular flexibility index (Phi) is 9.88. The van der Waals surface area contributed by atoms with E-state index < -0.39 is 9.84 Å². The molecule has 8 heteroatoms. The first-order chi connectivity index (χ1) is 11.3. The summed E-state index contributed by atoms with van der Waals surface area (Å²) in [4.78, 5) is 7.18. The highest BCUT2D eigenvalue weighted by molar-refractivity contribution is 14.0. The standard InChI is InChI=1S/C17H33N3O2S2.HI/c1-13(2)9-18-17(19-10-15-5-8-24(21,22)12-15)20-6-7-23-16(11-20)14(3)4;/h13-16H,5-12H2,1-4H3,(H,18,19);1H. The van der Waals surface area contributed by atoms with Crippen LogP contribution in [0.25, 0.3) is 0 Å². The van der Waals surface area contributed by atoms with Crippen molar-refractivity contribution in [1.82, 2.24) is 10.2 Å². The van der Waals surface area contributed by atoms with Gasteiger partial charge in [0.15, 0.2) is 15.8 Å². The molecule has 0 bridgehead atoms. The van der Waals surface area contributed by atoms with E-state index in [1.165, 1.54) is 0 Å². The predicted octanol–water partition coefficient (Wildman–Crippen LogP) is 2.71. The molecule has 2 saturated heterocycles. The Morgan fingerprint density at radius 2 is 2.04 bits per heavy atom. The molecule has 2 fully saturated rings. The van der Waals surface area contributed by atoms with Crippen LogP contribution in [0.2, 0.25) is 0 Å². The summed E-state index contributed by atoms with van der Waals surface area (Å²) in [7, 11) is -2.81. The number of halogens is 1. The van der Waals surface area contributed by atoms with Crippen molar-refractivity contribution >= 4 is 51.5 Å². The number of aliphatic imine (C=N–C) groups is 1. The predicted molar refractivity (Wildman–Crippen MR) is 120 cm³/mol. The summed E-state index contributed by atoms with van der Waals surface area (Å²) in [5.74, 6) is 4.16. The molecule has 0 saturated carbocycles. The van der Waals surface area contributed by atoms with Crippen molar-refractivity contribution in [2.45, 2.75) is 39.4 Å². The van der Waals surface area contributed by atoms with Crippen LogP contribution >= 0.6 is 35.7 Å². The molecule has 0 radical (unpaired) electrons. The molecule has 25 heavy (non-hydrogen) atoms. The molecule has 2 aliphatic rings. The lowest BCUT2D eigenvalue weighted by atomic mass is 10.1. The molecule has 2 rings (SSSR count). The summed E-state index contributed by atoms with van der Waals surface area (Å²) >= 11 is 2.06.